The minimum Gasteiger partial charge on any atom is -0.503 e. The number of thiophene rings is 1. The smallest absolute Gasteiger partial charge is 0.257 e. The maximum atomic E-state index is 12.0. The first kappa shape index (κ1) is 12.8. The Labute approximate surface area is 109 Å². The molecular weight excluding hydrogens is 250 g/mol. The van der Waals surface area contributed by atoms with Crippen molar-refractivity contribution in [1.82, 2.24) is 4.98 Å². The molecule has 0 aliphatic heterocycles. The second kappa shape index (κ2) is 4.94. The van der Waals surface area contributed by atoms with E-state index in [2.05, 4.69) is 4.98 Å². The van der Waals surface area contributed by atoms with Crippen LogP contribution in [0.4, 0.5) is 0 Å². The van der Waals surface area contributed by atoms with Gasteiger partial charge in [-0.05, 0) is 12.0 Å². The largest absolute Gasteiger partial charge is 0.503 e. The highest BCUT2D eigenvalue weighted by molar-refractivity contribution is 7.20. The van der Waals surface area contributed by atoms with E-state index in [1.54, 1.807) is 12.1 Å². The zero-order valence-electron chi connectivity index (χ0n) is 10.6. The van der Waals surface area contributed by atoms with Crippen LogP contribution in [0.25, 0.3) is 10.2 Å². The van der Waals surface area contributed by atoms with Gasteiger partial charge < -0.3 is 9.84 Å². The van der Waals surface area contributed by atoms with Gasteiger partial charge in [-0.1, -0.05) is 13.8 Å². The number of pyridine rings is 1. The van der Waals surface area contributed by atoms with E-state index in [0.29, 0.717) is 22.7 Å². The number of ether oxygens (including phenoxy) is 1. The van der Waals surface area contributed by atoms with Crippen molar-refractivity contribution in [2.45, 2.75) is 20.3 Å². The zero-order chi connectivity index (χ0) is 13.3. The van der Waals surface area contributed by atoms with E-state index in [1.807, 2.05) is 13.8 Å². The number of carbonyl (C=O) groups is 1. The predicted octanol–water partition coefficient (Wildman–Crippen LogP) is 3.24. The number of aromatic hydroxyl groups is 1. The van der Waals surface area contributed by atoms with E-state index < -0.39 is 0 Å². The number of rotatable bonds is 4. The second-order valence-electron chi connectivity index (χ2n) is 4.53. The SMILES string of the molecule is COc1nc2cc(C(=O)CC(C)C)sc2cc1O. The van der Waals surface area contributed by atoms with Gasteiger partial charge in [-0.2, -0.15) is 0 Å². The highest BCUT2D eigenvalue weighted by Gasteiger charge is 2.14. The summed E-state index contributed by atoms with van der Waals surface area (Å²) in [5, 5.41) is 9.64. The molecule has 2 aromatic rings. The topological polar surface area (TPSA) is 59.4 Å². The number of aromatic nitrogens is 1. The molecule has 0 unspecified atom stereocenters. The fourth-order valence-corrected chi connectivity index (χ4v) is 2.68. The average Bonchev–Trinajstić information content (AvgIpc) is 2.69. The Morgan fingerprint density at radius 3 is 2.83 bits per heavy atom. The normalized spacial score (nSPS) is 11.1. The summed E-state index contributed by atoms with van der Waals surface area (Å²) < 4.78 is 5.74. The van der Waals surface area contributed by atoms with Gasteiger partial charge in [0.1, 0.15) is 0 Å². The van der Waals surface area contributed by atoms with Crippen molar-refractivity contribution in [1.29, 1.82) is 0 Å². The fourth-order valence-electron chi connectivity index (χ4n) is 1.70. The van der Waals surface area contributed by atoms with Crippen molar-refractivity contribution in [2.24, 2.45) is 5.92 Å². The van der Waals surface area contributed by atoms with E-state index >= 15 is 0 Å². The van der Waals surface area contributed by atoms with Gasteiger partial charge in [-0.15, -0.1) is 11.3 Å². The van der Waals surface area contributed by atoms with Crippen molar-refractivity contribution in [3.05, 3.63) is 17.0 Å². The third-order valence-corrected chi connectivity index (χ3v) is 3.62. The van der Waals surface area contributed by atoms with Crippen LogP contribution in [0, 0.1) is 5.92 Å². The van der Waals surface area contributed by atoms with Crippen molar-refractivity contribution in [3.63, 3.8) is 0 Å². The average molecular weight is 265 g/mol. The summed E-state index contributed by atoms with van der Waals surface area (Å²) in [5.41, 5.74) is 0.682. The first-order valence-electron chi connectivity index (χ1n) is 5.72. The molecule has 96 valence electrons. The molecule has 0 aliphatic carbocycles. The molecular formula is C13H15NO3S. The lowest BCUT2D eigenvalue weighted by molar-refractivity contribution is 0.0972. The molecule has 2 aromatic heterocycles. The molecule has 0 aromatic carbocycles. The van der Waals surface area contributed by atoms with Crippen LogP contribution in [-0.4, -0.2) is 23.0 Å². The first-order valence-corrected chi connectivity index (χ1v) is 6.53. The molecule has 1 N–H and O–H groups in total. The van der Waals surface area contributed by atoms with Gasteiger partial charge in [0.25, 0.3) is 5.88 Å². The third kappa shape index (κ3) is 2.46. The molecule has 0 atom stereocenters. The highest BCUT2D eigenvalue weighted by atomic mass is 32.1. The van der Waals surface area contributed by atoms with Crippen LogP contribution in [0.1, 0.15) is 29.9 Å². The third-order valence-electron chi connectivity index (χ3n) is 2.51. The lowest BCUT2D eigenvalue weighted by Gasteiger charge is -2.00. The minimum atomic E-state index is -0.00490. The number of ketones is 1. The Bertz CT molecular complexity index is 589. The highest BCUT2D eigenvalue weighted by Crippen LogP contribution is 2.33. The zero-order valence-corrected chi connectivity index (χ0v) is 11.4. The van der Waals surface area contributed by atoms with Crippen molar-refractivity contribution in [3.8, 4) is 11.6 Å². The maximum Gasteiger partial charge on any atom is 0.257 e. The summed E-state index contributed by atoms with van der Waals surface area (Å²) >= 11 is 1.35. The molecule has 0 aliphatic rings. The Kier molecular flexibility index (Phi) is 3.52. The van der Waals surface area contributed by atoms with Crippen LogP contribution in [-0.2, 0) is 0 Å². The minimum absolute atomic E-state index is 0.00490. The number of carbonyl (C=O) groups excluding carboxylic acids is 1. The Morgan fingerprint density at radius 1 is 1.50 bits per heavy atom. The lowest BCUT2D eigenvalue weighted by atomic mass is 10.1. The Hall–Kier alpha value is -1.62. The summed E-state index contributed by atoms with van der Waals surface area (Å²) in [6, 6.07) is 3.34. The molecule has 0 fully saturated rings. The van der Waals surface area contributed by atoms with E-state index in [1.165, 1.54) is 18.4 Å². The fraction of sp³-hybridized carbons (Fsp3) is 0.385. The molecule has 2 rings (SSSR count). The molecule has 0 radical (unpaired) electrons. The van der Waals surface area contributed by atoms with Crippen LogP contribution < -0.4 is 4.74 Å². The molecule has 2 heterocycles. The first-order chi connectivity index (χ1) is 8.51. The number of Topliss-reactive ketones (excluding diaryl/α,β-unsaturated/α-hetero) is 1. The molecule has 5 heteroatoms. The molecule has 0 bridgehead atoms. The predicted molar refractivity (Wildman–Crippen MR) is 71.6 cm³/mol. The number of methoxy groups -OCH3 is 1. The molecule has 0 amide bonds. The van der Waals surface area contributed by atoms with E-state index in [-0.39, 0.29) is 17.4 Å². The Balaban J connectivity index is 2.41. The number of hydrogen-bond donors (Lipinski definition) is 1. The van der Waals surface area contributed by atoms with Crippen molar-refractivity contribution in [2.75, 3.05) is 7.11 Å². The van der Waals surface area contributed by atoms with E-state index in [0.717, 1.165) is 4.70 Å². The molecule has 0 saturated carbocycles. The number of hydrogen-bond acceptors (Lipinski definition) is 5. The van der Waals surface area contributed by atoms with Crippen molar-refractivity contribution < 1.29 is 14.6 Å². The van der Waals surface area contributed by atoms with Crippen LogP contribution >= 0.6 is 11.3 Å². The Morgan fingerprint density at radius 2 is 2.22 bits per heavy atom. The summed E-state index contributed by atoms with van der Waals surface area (Å²) in [4.78, 5) is 16.8. The van der Waals surface area contributed by atoms with Gasteiger partial charge in [-0.25, -0.2) is 4.98 Å². The van der Waals surface area contributed by atoms with Gasteiger partial charge >= 0.3 is 0 Å². The van der Waals surface area contributed by atoms with E-state index in [4.69, 9.17) is 4.74 Å². The van der Waals surface area contributed by atoms with Crippen LogP contribution in [0.5, 0.6) is 11.6 Å². The summed E-state index contributed by atoms with van der Waals surface area (Å²) in [6.45, 7) is 4.02. The molecule has 0 spiro atoms. The van der Waals surface area contributed by atoms with Gasteiger partial charge in [0, 0.05) is 12.5 Å². The summed E-state index contributed by atoms with van der Waals surface area (Å²) in [7, 11) is 1.45. The van der Waals surface area contributed by atoms with Gasteiger partial charge in [-0.3, -0.25) is 4.79 Å². The monoisotopic (exact) mass is 265 g/mol. The van der Waals surface area contributed by atoms with Gasteiger partial charge in [0.2, 0.25) is 0 Å². The van der Waals surface area contributed by atoms with Gasteiger partial charge in [0.15, 0.2) is 11.5 Å². The number of nitrogens with zero attached hydrogens (tertiary/aromatic N) is 1. The summed E-state index contributed by atoms with van der Waals surface area (Å²) in [6.07, 6.45) is 0.524. The second-order valence-corrected chi connectivity index (χ2v) is 5.62. The standard InChI is InChI=1S/C13H15NO3S/c1-7(2)4-9(15)12-5-8-11(18-12)6-10(16)13(14-8)17-3/h5-7,16H,4H2,1-3H3. The van der Waals surface area contributed by atoms with Crippen LogP contribution in [0.3, 0.4) is 0 Å². The molecule has 4 nitrogen and oxygen atoms in total. The van der Waals surface area contributed by atoms with Crippen molar-refractivity contribution >= 4 is 27.3 Å². The quantitative estimate of drug-likeness (QED) is 0.862. The number of fused-ring (bicyclic) bond motifs is 1. The van der Waals surface area contributed by atoms with Gasteiger partial charge in [0.05, 0.1) is 22.2 Å². The maximum absolute atomic E-state index is 12.0. The molecule has 18 heavy (non-hydrogen) atoms. The van der Waals surface area contributed by atoms with Crippen LogP contribution in [0.2, 0.25) is 0 Å². The summed E-state index contributed by atoms with van der Waals surface area (Å²) in [5.74, 6) is 0.628. The lowest BCUT2D eigenvalue weighted by Crippen LogP contribution is -2.00. The molecule has 0 saturated heterocycles. The van der Waals surface area contributed by atoms with Crippen LogP contribution in [0.15, 0.2) is 12.1 Å². The van der Waals surface area contributed by atoms with E-state index in [9.17, 15) is 9.90 Å².